The molecule has 0 bridgehead atoms. The maximum atomic E-state index is 3.51. The van der Waals surface area contributed by atoms with Gasteiger partial charge < -0.3 is 10.6 Å². The van der Waals surface area contributed by atoms with Crippen molar-refractivity contribution in [2.75, 3.05) is 25.0 Å². The Kier molecular flexibility index (Phi) is 1.86. The number of hydrogen-bond donors (Lipinski definition) is 2. The molecule has 3 heteroatoms. The number of halogens is 1. The van der Waals surface area contributed by atoms with E-state index in [2.05, 4.69) is 44.8 Å². The van der Waals surface area contributed by atoms with Crippen molar-refractivity contribution in [3.05, 3.63) is 28.2 Å². The van der Waals surface area contributed by atoms with Gasteiger partial charge in [0.25, 0.3) is 0 Å². The van der Waals surface area contributed by atoms with E-state index in [9.17, 15) is 0 Å². The van der Waals surface area contributed by atoms with Crippen LogP contribution in [0.4, 0.5) is 5.69 Å². The van der Waals surface area contributed by atoms with Gasteiger partial charge in [-0.15, -0.1) is 0 Å². The van der Waals surface area contributed by atoms with Crippen molar-refractivity contribution in [2.24, 2.45) is 0 Å². The first kappa shape index (κ1) is 8.74. The van der Waals surface area contributed by atoms with E-state index in [1.54, 1.807) is 0 Å². The lowest BCUT2D eigenvalue weighted by atomic mass is 9.82. The molecule has 0 saturated carbocycles. The number of fused-ring (bicyclic) bond motifs is 2. The van der Waals surface area contributed by atoms with Gasteiger partial charge in [0.2, 0.25) is 0 Å². The number of rotatable bonds is 0. The molecule has 3 rings (SSSR count). The third kappa shape index (κ3) is 1.12. The number of benzene rings is 1. The van der Waals surface area contributed by atoms with Crippen LogP contribution in [0, 0.1) is 0 Å². The van der Waals surface area contributed by atoms with Gasteiger partial charge in [0.05, 0.1) is 0 Å². The van der Waals surface area contributed by atoms with Crippen LogP contribution in [0.15, 0.2) is 22.7 Å². The fourth-order valence-electron chi connectivity index (χ4n) is 2.61. The minimum absolute atomic E-state index is 0.371. The van der Waals surface area contributed by atoms with E-state index < -0.39 is 0 Å². The molecular formula is C11H13BrN2. The molecule has 1 atom stereocenters. The summed E-state index contributed by atoms with van der Waals surface area (Å²) in [5.41, 5.74) is 3.17. The van der Waals surface area contributed by atoms with Gasteiger partial charge in [-0.3, -0.25) is 0 Å². The van der Waals surface area contributed by atoms with E-state index >= 15 is 0 Å². The molecule has 1 fully saturated rings. The first-order valence-corrected chi connectivity index (χ1v) is 5.84. The van der Waals surface area contributed by atoms with E-state index in [0.717, 1.165) is 24.1 Å². The molecule has 1 aromatic carbocycles. The molecule has 1 aromatic rings. The third-order valence-corrected chi connectivity index (χ3v) is 3.91. The SMILES string of the molecule is Brc1ccc2c(c1)NC[C@]21CCNC1. The van der Waals surface area contributed by atoms with Gasteiger partial charge in [-0.1, -0.05) is 22.0 Å². The molecule has 0 unspecified atom stereocenters. The van der Waals surface area contributed by atoms with Crippen molar-refractivity contribution in [3.8, 4) is 0 Å². The molecule has 2 aliphatic rings. The van der Waals surface area contributed by atoms with Gasteiger partial charge in [-0.2, -0.15) is 0 Å². The first-order chi connectivity index (χ1) is 6.80. The van der Waals surface area contributed by atoms with Crippen LogP contribution < -0.4 is 10.6 Å². The van der Waals surface area contributed by atoms with E-state index in [0.29, 0.717) is 5.41 Å². The standard InChI is InChI=1S/C11H13BrN2/c12-8-1-2-9-10(5-8)14-7-11(9)3-4-13-6-11/h1-2,5,13-14H,3-4,6-7H2/t11-/m1/s1. The molecule has 0 aromatic heterocycles. The van der Waals surface area contributed by atoms with Gasteiger partial charge >= 0.3 is 0 Å². The largest absolute Gasteiger partial charge is 0.384 e. The quantitative estimate of drug-likeness (QED) is 0.740. The minimum Gasteiger partial charge on any atom is -0.384 e. The normalized spacial score (nSPS) is 29.2. The number of anilines is 1. The van der Waals surface area contributed by atoms with Crippen molar-refractivity contribution in [3.63, 3.8) is 0 Å². The van der Waals surface area contributed by atoms with Gasteiger partial charge in [0.1, 0.15) is 0 Å². The molecule has 1 spiro atoms. The summed E-state index contributed by atoms with van der Waals surface area (Å²) in [5, 5.41) is 6.96. The molecule has 2 N–H and O–H groups in total. The highest BCUT2D eigenvalue weighted by molar-refractivity contribution is 9.10. The maximum Gasteiger partial charge on any atom is 0.0391 e. The van der Waals surface area contributed by atoms with Gasteiger partial charge in [0, 0.05) is 28.7 Å². The average Bonchev–Trinajstić information content (AvgIpc) is 2.77. The summed E-state index contributed by atoms with van der Waals surface area (Å²) < 4.78 is 1.16. The lowest BCUT2D eigenvalue weighted by molar-refractivity contribution is 0.522. The Hall–Kier alpha value is -0.540. The number of nitrogens with one attached hydrogen (secondary N) is 2. The average molecular weight is 253 g/mol. The number of hydrogen-bond acceptors (Lipinski definition) is 2. The van der Waals surface area contributed by atoms with Crippen LogP contribution >= 0.6 is 15.9 Å². The highest BCUT2D eigenvalue weighted by Crippen LogP contribution is 2.41. The molecule has 2 aliphatic heterocycles. The molecule has 2 heterocycles. The third-order valence-electron chi connectivity index (χ3n) is 3.41. The second kappa shape index (κ2) is 2.97. The zero-order valence-electron chi connectivity index (χ0n) is 7.94. The topological polar surface area (TPSA) is 24.1 Å². The van der Waals surface area contributed by atoms with Gasteiger partial charge in [0.15, 0.2) is 0 Å². The summed E-state index contributed by atoms with van der Waals surface area (Å²) in [4.78, 5) is 0. The fourth-order valence-corrected chi connectivity index (χ4v) is 2.97. The lowest BCUT2D eigenvalue weighted by Gasteiger charge is -2.21. The summed E-state index contributed by atoms with van der Waals surface area (Å²) in [6.45, 7) is 3.36. The van der Waals surface area contributed by atoms with E-state index in [1.165, 1.54) is 17.7 Å². The smallest absolute Gasteiger partial charge is 0.0391 e. The highest BCUT2D eigenvalue weighted by atomic mass is 79.9. The second-order valence-corrected chi connectivity index (χ2v) is 5.17. The second-order valence-electron chi connectivity index (χ2n) is 4.25. The lowest BCUT2D eigenvalue weighted by Crippen LogP contribution is -2.30. The zero-order chi connectivity index (χ0) is 9.60. The van der Waals surface area contributed by atoms with Crippen molar-refractivity contribution in [1.82, 2.24) is 5.32 Å². The Balaban J connectivity index is 2.09. The van der Waals surface area contributed by atoms with E-state index in [-0.39, 0.29) is 0 Å². The molecular weight excluding hydrogens is 240 g/mol. The van der Waals surface area contributed by atoms with Crippen molar-refractivity contribution < 1.29 is 0 Å². The van der Waals surface area contributed by atoms with Crippen LogP contribution in [0.5, 0.6) is 0 Å². The Labute approximate surface area is 92.2 Å². The highest BCUT2D eigenvalue weighted by Gasteiger charge is 2.40. The van der Waals surface area contributed by atoms with Gasteiger partial charge in [-0.05, 0) is 30.7 Å². The predicted octanol–water partition coefficient (Wildman–Crippen LogP) is 2.11. The maximum absolute atomic E-state index is 3.51. The molecule has 2 nitrogen and oxygen atoms in total. The van der Waals surface area contributed by atoms with Gasteiger partial charge in [-0.25, -0.2) is 0 Å². The molecule has 0 amide bonds. The van der Waals surface area contributed by atoms with Crippen molar-refractivity contribution in [1.29, 1.82) is 0 Å². The van der Waals surface area contributed by atoms with Crippen LogP contribution in [-0.2, 0) is 5.41 Å². The van der Waals surface area contributed by atoms with E-state index in [1.807, 2.05) is 0 Å². The molecule has 74 valence electrons. The van der Waals surface area contributed by atoms with Crippen molar-refractivity contribution >= 4 is 21.6 Å². The Bertz CT molecular complexity index is 370. The van der Waals surface area contributed by atoms with Crippen molar-refractivity contribution in [2.45, 2.75) is 11.8 Å². The zero-order valence-corrected chi connectivity index (χ0v) is 9.52. The molecule has 1 saturated heterocycles. The fraction of sp³-hybridized carbons (Fsp3) is 0.455. The molecule has 0 aliphatic carbocycles. The summed E-state index contributed by atoms with van der Waals surface area (Å²) in [6, 6.07) is 6.58. The summed E-state index contributed by atoms with van der Waals surface area (Å²) in [6.07, 6.45) is 1.26. The van der Waals surface area contributed by atoms with Crippen LogP contribution in [0.1, 0.15) is 12.0 Å². The van der Waals surface area contributed by atoms with E-state index in [4.69, 9.17) is 0 Å². The Morgan fingerprint density at radius 3 is 3.00 bits per heavy atom. The Morgan fingerprint density at radius 2 is 2.21 bits per heavy atom. The minimum atomic E-state index is 0.371. The monoisotopic (exact) mass is 252 g/mol. The van der Waals surface area contributed by atoms with Crippen LogP contribution in [0.2, 0.25) is 0 Å². The predicted molar refractivity (Wildman–Crippen MR) is 61.8 cm³/mol. The summed E-state index contributed by atoms with van der Waals surface area (Å²) in [5.74, 6) is 0. The molecule has 0 radical (unpaired) electrons. The van der Waals surface area contributed by atoms with Crippen LogP contribution in [0.3, 0.4) is 0 Å². The summed E-state index contributed by atoms with van der Waals surface area (Å²) in [7, 11) is 0. The summed E-state index contributed by atoms with van der Waals surface area (Å²) >= 11 is 3.51. The first-order valence-electron chi connectivity index (χ1n) is 5.05. The van der Waals surface area contributed by atoms with Crippen LogP contribution in [0.25, 0.3) is 0 Å². The molecule has 14 heavy (non-hydrogen) atoms. The van der Waals surface area contributed by atoms with Crippen LogP contribution in [-0.4, -0.2) is 19.6 Å². The Morgan fingerprint density at radius 1 is 1.29 bits per heavy atom.